The average Bonchev–Trinajstić information content (AvgIpc) is 2.99. The minimum Gasteiger partial charge on any atom is -0.481 e. The van der Waals surface area contributed by atoms with Crippen LogP contribution in [0.5, 0.6) is 0 Å². The highest BCUT2D eigenvalue weighted by Gasteiger charge is 2.27. The highest BCUT2D eigenvalue weighted by Crippen LogP contribution is 2.29. The number of nitrogens with one attached hydrogen (secondary N) is 1. The standard InChI is InChI=1S/C34H38ClFN2O5S/c35-28-6-11-31(12-7-28)44(42,43)37-30-10-13-32-26(5-14-34(40)41)18-23(19-27(32)21-30)15-17-38-16-1-2-24(22-38)20-33(39)25-3-8-29(36)9-4-25/h3-4,6-9,11-12,18-19,24,30,37H,1-2,5,10,13-17,20-22H2,(H,40,41). The van der Waals surface area contributed by atoms with Crippen molar-refractivity contribution in [1.29, 1.82) is 0 Å². The Labute approximate surface area is 263 Å². The number of hydrogen-bond acceptors (Lipinski definition) is 5. The lowest BCUT2D eigenvalue weighted by Gasteiger charge is -2.33. The van der Waals surface area contributed by atoms with Crippen LogP contribution in [-0.4, -0.2) is 55.9 Å². The Bertz CT molecular complexity index is 1600. The molecule has 0 amide bonds. The second kappa shape index (κ2) is 14.3. The second-order valence-electron chi connectivity index (χ2n) is 12.0. The molecule has 2 unspecified atom stereocenters. The molecule has 1 aliphatic heterocycles. The predicted molar refractivity (Wildman–Crippen MR) is 168 cm³/mol. The summed E-state index contributed by atoms with van der Waals surface area (Å²) in [4.78, 5) is 26.7. The van der Waals surface area contributed by atoms with Gasteiger partial charge in [0.25, 0.3) is 0 Å². The normalized spacial score (nSPS) is 19.0. The molecule has 1 fully saturated rings. The fourth-order valence-electron chi connectivity index (χ4n) is 6.49. The Balaban J connectivity index is 1.25. The monoisotopic (exact) mass is 640 g/mol. The van der Waals surface area contributed by atoms with Gasteiger partial charge in [-0.1, -0.05) is 23.7 Å². The van der Waals surface area contributed by atoms with E-state index in [-0.39, 0.29) is 34.9 Å². The van der Waals surface area contributed by atoms with Crippen molar-refractivity contribution < 1.29 is 27.5 Å². The Hall–Kier alpha value is -3.11. The third kappa shape index (κ3) is 8.53. The van der Waals surface area contributed by atoms with Crippen LogP contribution >= 0.6 is 11.6 Å². The van der Waals surface area contributed by atoms with Crippen LogP contribution in [0, 0.1) is 11.7 Å². The zero-order valence-electron chi connectivity index (χ0n) is 24.6. The second-order valence-corrected chi connectivity index (χ2v) is 14.1. The molecule has 0 bridgehead atoms. The lowest BCUT2D eigenvalue weighted by molar-refractivity contribution is -0.136. The van der Waals surface area contributed by atoms with Crippen LogP contribution in [-0.2, 0) is 40.5 Å². The van der Waals surface area contributed by atoms with Gasteiger partial charge in [0.15, 0.2) is 5.78 Å². The minimum atomic E-state index is -3.71. The lowest BCUT2D eigenvalue weighted by atomic mass is 9.83. The van der Waals surface area contributed by atoms with Gasteiger partial charge in [0.1, 0.15) is 5.82 Å². The molecule has 1 aliphatic carbocycles. The molecule has 1 saturated heterocycles. The number of nitrogens with zero attached hydrogens (tertiary/aromatic N) is 1. The molecule has 2 atom stereocenters. The Morgan fingerprint density at radius 3 is 2.50 bits per heavy atom. The van der Waals surface area contributed by atoms with Crippen LogP contribution < -0.4 is 4.72 Å². The van der Waals surface area contributed by atoms with Crippen molar-refractivity contribution in [3.63, 3.8) is 0 Å². The van der Waals surface area contributed by atoms with E-state index in [9.17, 15) is 27.5 Å². The van der Waals surface area contributed by atoms with Crippen molar-refractivity contribution >= 4 is 33.4 Å². The van der Waals surface area contributed by atoms with E-state index in [0.717, 1.165) is 61.2 Å². The Morgan fingerprint density at radius 1 is 1.02 bits per heavy atom. The fraction of sp³-hybridized carbons (Fsp3) is 0.412. The van der Waals surface area contributed by atoms with Crippen molar-refractivity contribution in [2.75, 3.05) is 19.6 Å². The molecule has 0 radical (unpaired) electrons. The maximum atomic E-state index is 13.3. The predicted octanol–water partition coefficient (Wildman–Crippen LogP) is 5.86. The van der Waals surface area contributed by atoms with Crippen LogP contribution in [0.4, 0.5) is 4.39 Å². The summed E-state index contributed by atoms with van der Waals surface area (Å²) < 4.78 is 42.2. The molecule has 44 heavy (non-hydrogen) atoms. The van der Waals surface area contributed by atoms with E-state index in [0.29, 0.717) is 42.7 Å². The highest BCUT2D eigenvalue weighted by atomic mass is 35.5. The van der Waals surface area contributed by atoms with E-state index < -0.39 is 16.0 Å². The maximum absolute atomic E-state index is 13.3. The molecule has 0 aromatic heterocycles. The molecule has 234 valence electrons. The smallest absolute Gasteiger partial charge is 0.303 e. The summed E-state index contributed by atoms with van der Waals surface area (Å²) in [6, 6.07) is 15.8. The molecular weight excluding hydrogens is 603 g/mol. The largest absolute Gasteiger partial charge is 0.481 e. The molecule has 10 heteroatoms. The van der Waals surface area contributed by atoms with Gasteiger partial charge >= 0.3 is 5.97 Å². The van der Waals surface area contributed by atoms with Gasteiger partial charge in [0.05, 0.1) is 4.90 Å². The number of carboxylic acid groups (broad SMARTS) is 1. The number of benzene rings is 3. The summed E-state index contributed by atoms with van der Waals surface area (Å²) in [7, 11) is -3.71. The molecule has 0 spiro atoms. The van der Waals surface area contributed by atoms with Crippen molar-refractivity contribution in [1.82, 2.24) is 9.62 Å². The molecule has 5 rings (SSSR count). The average molecular weight is 641 g/mol. The quantitative estimate of drug-likeness (QED) is 0.241. The van der Waals surface area contributed by atoms with Gasteiger partial charge < -0.3 is 10.0 Å². The van der Waals surface area contributed by atoms with Crippen molar-refractivity contribution in [2.45, 2.75) is 68.7 Å². The topological polar surface area (TPSA) is 104 Å². The maximum Gasteiger partial charge on any atom is 0.303 e. The van der Waals surface area contributed by atoms with Gasteiger partial charge in [-0.3, -0.25) is 9.59 Å². The summed E-state index contributed by atoms with van der Waals surface area (Å²) in [5.41, 5.74) is 4.88. The van der Waals surface area contributed by atoms with Gasteiger partial charge in [-0.25, -0.2) is 17.5 Å². The number of carboxylic acids is 1. The molecule has 3 aromatic rings. The molecule has 2 aliphatic rings. The third-order valence-corrected chi connectivity index (χ3v) is 10.5. The summed E-state index contributed by atoms with van der Waals surface area (Å²) in [6.07, 6.45) is 5.51. The number of sulfonamides is 1. The number of rotatable bonds is 12. The molecule has 1 heterocycles. The summed E-state index contributed by atoms with van der Waals surface area (Å²) in [6.45, 7) is 2.58. The zero-order chi connectivity index (χ0) is 31.3. The Morgan fingerprint density at radius 2 is 1.77 bits per heavy atom. The zero-order valence-corrected chi connectivity index (χ0v) is 26.2. The number of aryl methyl sites for hydroxylation is 1. The number of piperidine rings is 1. The van der Waals surface area contributed by atoms with E-state index >= 15 is 0 Å². The van der Waals surface area contributed by atoms with Crippen molar-refractivity contribution in [3.8, 4) is 0 Å². The number of carbonyl (C=O) groups excluding carboxylic acids is 1. The Kier molecular flexibility index (Phi) is 10.5. The first-order chi connectivity index (χ1) is 21.1. The number of Topliss-reactive ketones (excluding diaryl/α,β-unsaturated/α-hetero) is 1. The van der Waals surface area contributed by atoms with Gasteiger partial charge in [0, 0.05) is 42.6 Å². The van der Waals surface area contributed by atoms with Crippen LogP contribution in [0.25, 0.3) is 0 Å². The SMILES string of the molecule is O=C(O)CCc1cc(CCN2CCCC(CC(=O)c3ccc(F)cc3)C2)cc2c1CCC(NS(=O)(=O)c1ccc(Cl)cc1)C2. The van der Waals surface area contributed by atoms with Crippen LogP contribution in [0.15, 0.2) is 65.6 Å². The third-order valence-electron chi connectivity index (χ3n) is 8.72. The van der Waals surface area contributed by atoms with E-state index in [1.165, 1.54) is 24.3 Å². The number of likely N-dealkylation sites (tertiary alicyclic amines) is 1. The van der Waals surface area contributed by atoms with Crippen LogP contribution in [0.2, 0.25) is 5.02 Å². The number of halogens is 2. The summed E-state index contributed by atoms with van der Waals surface area (Å²) in [5, 5.41) is 9.82. The van der Waals surface area contributed by atoms with E-state index in [4.69, 9.17) is 11.6 Å². The lowest BCUT2D eigenvalue weighted by Crippen LogP contribution is -2.39. The van der Waals surface area contributed by atoms with Crippen molar-refractivity contribution in [2.24, 2.45) is 5.92 Å². The van der Waals surface area contributed by atoms with Gasteiger partial charge in [-0.2, -0.15) is 0 Å². The highest BCUT2D eigenvalue weighted by molar-refractivity contribution is 7.89. The van der Waals surface area contributed by atoms with Crippen LogP contribution in [0.3, 0.4) is 0 Å². The first-order valence-corrected chi connectivity index (χ1v) is 17.1. The van der Waals surface area contributed by atoms with E-state index in [2.05, 4.69) is 21.8 Å². The molecule has 7 nitrogen and oxygen atoms in total. The van der Waals surface area contributed by atoms with Crippen LogP contribution in [0.1, 0.15) is 64.7 Å². The summed E-state index contributed by atoms with van der Waals surface area (Å²) in [5.74, 6) is -0.919. The first-order valence-electron chi connectivity index (χ1n) is 15.2. The number of ketones is 1. The van der Waals surface area contributed by atoms with Gasteiger partial charge in [-0.15, -0.1) is 0 Å². The number of hydrogen-bond donors (Lipinski definition) is 2. The van der Waals surface area contributed by atoms with Crippen molar-refractivity contribution in [3.05, 3.63) is 99.3 Å². The van der Waals surface area contributed by atoms with E-state index in [1.54, 1.807) is 24.3 Å². The fourth-order valence-corrected chi connectivity index (χ4v) is 7.89. The summed E-state index contributed by atoms with van der Waals surface area (Å²) >= 11 is 5.94. The number of carbonyl (C=O) groups is 2. The molecular formula is C34H38ClFN2O5S. The molecule has 2 N–H and O–H groups in total. The number of fused-ring (bicyclic) bond motifs is 1. The molecule has 3 aromatic carbocycles. The van der Waals surface area contributed by atoms with Gasteiger partial charge in [0.2, 0.25) is 10.0 Å². The number of aliphatic carboxylic acids is 1. The van der Waals surface area contributed by atoms with Gasteiger partial charge in [-0.05, 0) is 128 Å². The molecule has 0 saturated carbocycles. The first kappa shape index (κ1) is 32.3. The van der Waals surface area contributed by atoms with E-state index in [1.807, 2.05) is 0 Å². The minimum absolute atomic E-state index is 0.0378.